The van der Waals surface area contributed by atoms with Crippen molar-refractivity contribution in [2.75, 3.05) is 5.32 Å². The predicted molar refractivity (Wildman–Crippen MR) is 102 cm³/mol. The van der Waals surface area contributed by atoms with E-state index in [1.165, 1.54) is 41.3 Å². The lowest BCUT2D eigenvalue weighted by Gasteiger charge is -2.22. The molecule has 1 atom stereocenters. The number of rotatable bonds is 7. The van der Waals surface area contributed by atoms with E-state index in [2.05, 4.69) is 43.2 Å². The molecule has 8 heteroatoms. The second-order valence-electron chi connectivity index (χ2n) is 7.48. The van der Waals surface area contributed by atoms with E-state index in [4.69, 9.17) is 0 Å². The van der Waals surface area contributed by atoms with Crippen molar-refractivity contribution in [2.24, 2.45) is 11.3 Å². The Morgan fingerprint density at radius 1 is 1.27 bits per heavy atom. The van der Waals surface area contributed by atoms with Gasteiger partial charge in [0.25, 0.3) is 0 Å². The number of thioether (sulfide) groups is 1. The van der Waals surface area contributed by atoms with Crippen LogP contribution in [0.15, 0.2) is 22.5 Å². The van der Waals surface area contributed by atoms with Gasteiger partial charge in [0, 0.05) is 17.7 Å². The summed E-state index contributed by atoms with van der Waals surface area (Å²) in [7, 11) is 0. The molecular weight excluding hydrogens is 376 g/mol. The number of anilines is 1. The molecule has 0 saturated carbocycles. The van der Waals surface area contributed by atoms with Gasteiger partial charge < -0.3 is 5.32 Å². The lowest BCUT2D eigenvalue weighted by molar-refractivity contribution is -0.117. The molecule has 1 heterocycles. The Labute approximate surface area is 160 Å². The summed E-state index contributed by atoms with van der Waals surface area (Å²) in [5.41, 5.74) is 0.183. The quantitative estimate of drug-likeness (QED) is 0.493. The lowest BCUT2D eigenvalue weighted by atomic mass is 9.84. The molecule has 2 aromatic rings. The molecule has 1 amide bonds. The fraction of sp³-hybridized carbons (Fsp3) is 0.500. The van der Waals surface area contributed by atoms with Crippen LogP contribution in [0.2, 0.25) is 0 Å². The van der Waals surface area contributed by atoms with Crippen LogP contribution in [0.5, 0.6) is 0 Å². The number of amides is 1. The third-order valence-corrected chi connectivity index (χ3v) is 5.55. The molecule has 0 aliphatic carbocycles. The van der Waals surface area contributed by atoms with Gasteiger partial charge >= 0.3 is 0 Å². The van der Waals surface area contributed by atoms with Crippen LogP contribution in [0.1, 0.15) is 46.1 Å². The Hall–Kier alpha value is -1.54. The van der Waals surface area contributed by atoms with Crippen LogP contribution >= 0.6 is 23.1 Å². The second-order valence-corrected chi connectivity index (χ2v) is 9.68. The number of carbonyl (C=O) groups excluding carboxylic acids is 1. The van der Waals surface area contributed by atoms with E-state index in [9.17, 15) is 13.6 Å². The molecule has 26 heavy (non-hydrogen) atoms. The minimum absolute atomic E-state index is 0.00860. The van der Waals surface area contributed by atoms with Crippen molar-refractivity contribution in [2.45, 2.75) is 50.6 Å². The maximum absolute atomic E-state index is 13.6. The van der Waals surface area contributed by atoms with Gasteiger partial charge in [-0.2, -0.15) is 0 Å². The molecule has 4 nitrogen and oxygen atoms in total. The van der Waals surface area contributed by atoms with E-state index in [0.717, 1.165) is 6.42 Å². The van der Waals surface area contributed by atoms with Crippen molar-refractivity contribution in [3.63, 3.8) is 0 Å². The number of carbonyl (C=O) groups is 1. The highest BCUT2D eigenvalue weighted by Gasteiger charge is 2.19. The first-order valence-electron chi connectivity index (χ1n) is 8.33. The maximum atomic E-state index is 13.6. The van der Waals surface area contributed by atoms with E-state index < -0.39 is 11.6 Å². The lowest BCUT2D eigenvalue weighted by Crippen LogP contribution is -2.18. The molecule has 0 fully saturated rings. The summed E-state index contributed by atoms with van der Waals surface area (Å²) in [6, 6.07) is 3.78. The Morgan fingerprint density at radius 3 is 2.54 bits per heavy atom. The van der Waals surface area contributed by atoms with E-state index in [1.54, 1.807) is 0 Å². The molecule has 1 aromatic carbocycles. The number of benzene rings is 1. The molecule has 1 aromatic heterocycles. The van der Waals surface area contributed by atoms with Crippen molar-refractivity contribution in [1.82, 2.24) is 10.2 Å². The van der Waals surface area contributed by atoms with Crippen LogP contribution in [0.25, 0.3) is 0 Å². The maximum Gasteiger partial charge on any atom is 0.226 e. The number of halogens is 2. The number of hydrogen-bond acceptors (Lipinski definition) is 5. The van der Waals surface area contributed by atoms with Crippen LogP contribution in [-0.2, 0) is 10.5 Å². The van der Waals surface area contributed by atoms with Crippen molar-refractivity contribution < 1.29 is 13.6 Å². The fourth-order valence-electron chi connectivity index (χ4n) is 2.73. The Bertz CT molecular complexity index is 739. The minimum atomic E-state index is -0.580. The molecule has 0 aliphatic heterocycles. The normalized spacial score (nSPS) is 12.8. The molecule has 1 unspecified atom stereocenters. The Morgan fingerprint density at radius 2 is 1.92 bits per heavy atom. The number of hydrogen-bond donors (Lipinski definition) is 1. The smallest absolute Gasteiger partial charge is 0.226 e. The van der Waals surface area contributed by atoms with Crippen molar-refractivity contribution in [1.29, 1.82) is 0 Å². The SMILES string of the molecule is CC(CC(=O)Nc1nnc(SCc2c(F)cccc2F)s1)CC(C)(C)C. The van der Waals surface area contributed by atoms with E-state index in [0.29, 0.717) is 15.9 Å². The molecule has 142 valence electrons. The Kier molecular flexibility index (Phi) is 7.11. The number of aromatic nitrogens is 2. The minimum Gasteiger partial charge on any atom is -0.300 e. The van der Waals surface area contributed by atoms with Gasteiger partial charge in [0.2, 0.25) is 11.0 Å². The molecule has 0 spiro atoms. The van der Waals surface area contributed by atoms with E-state index in [-0.39, 0.29) is 28.6 Å². The molecule has 2 rings (SSSR count). The number of nitrogens with one attached hydrogen (secondary N) is 1. The van der Waals surface area contributed by atoms with Crippen LogP contribution in [0.4, 0.5) is 13.9 Å². The van der Waals surface area contributed by atoms with Gasteiger partial charge in [-0.25, -0.2) is 8.78 Å². The molecule has 0 aliphatic rings. The van der Waals surface area contributed by atoms with E-state index in [1.807, 2.05) is 0 Å². The van der Waals surface area contributed by atoms with Crippen LogP contribution in [0, 0.1) is 23.0 Å². The zero-order valence-electron chi connectivity index (χ0n) is 15.3. The summed E-state index contributed by atoms with van der Waals surface area (Å²) in [5.74, 6) is -0.883. The van der Waals surface area contributed by atoms with Gasteiger partial charge in [0.05, 0.1) is 0 Å². The van der Waals surface area contributed by atoms with Gasteiger partial charge in [0.15, 0.2) is 4.34 Å². The molecule has 0 radical (unpaired) electrons. The summed E-state index contributed by atoms with van der Waals surface area (Å²) < 4.78 is 27.8. The molecular formula is C18H23F2N3OS2. The summed E-state index contributed by atoms with van der Waals surface area (Å²) in [4.78, 5) is 12.1. The van der Waals surface area contributed by atoms with E-state index >= 15 is 0 Å². The average Bonchev–Trinajstić information content (AvgIpc) is 2.91. The van der Waals surface area contributed by atoms with Gasteiger partial charge in [-0.05, 0) is 29.9 Å². The largest absolute Gasteiger partial charge is 0.300 e. The average molecular weight is 400 g/mol. The van der Waals surface area contributed by atoms with Gasteiger partial charge in [0.1, 0.15) is 11.6 Å². The van der Waals surface area contributed by atoms with Crippen LogP contribution in [-0.4, -0.2) is 16.1 Å². The summed E-state index contributed by atoms with van der Waals surface area (Å²) >= 11 is 2.38. The highest BCUT2D eigenvalue weighted by Crippen LogP contribution is 2.30. The highest BCUT2D eigenvalue weighted by atomic mass is 32.2. The first kappa shape index (κ1) is 20.8. The topological polar surface area (TPSA) is 54.9 Å². The summed E-state index contributed by atoms with van der Waals surface area (Å²) in [6.07, 6.45) is 1.37. The summed E-state index contributed by atoms with van der Waals surface area (Å²) in [6.45, 7) is 8.49. The van der Waals surface area contributed by atoms with Crippen molar-refractivity contribution in [3.8, 4) is 0 Å². The standard InChI is InChI=1S/C18H23F2N3OS2/c1-11(9-18(2,3)4)8-15(24)21-16-22-23-17(26-16)25-10-12-13(19)6-5-7-14(12)20/h5-7,11H,8-10H2,1-4H3,(H,21,22,24). The van der Waals surface area contributed by atoms with Crippen molar-refractivity contribution in [3.05, 3.63) is 35.4 Å². The third-order valence-electron chi connectivity index (χ3n) is 3.55. The fourth-order valence-corrected chi connectivity index (χ4v) is 4.51. The zero-order valence-corrected chi connectivity index (χ0v) is 16.9. The number of nitrogens with zero attached hydrogens (tertiary/aromatic N) is 2. The first-order chi connectivity index (χ1) is 12.1. The van der Waals surface area contributed by atoms with Crippen LogP contribution in [0.3, 0.4) is 0 Å². The summed E-state index contributed by atoms with van der Waals surface area (Å²) in [5, 5.41) is 11.0. The van der Waals surface area contributed by atoms with Gasteiger partial charge in [-0.3, -0.25) is 4.79 Å². The molecule has 1 N–H and O–H groups in total. The van der Waals surface area contributed by atoms with Crippen molar-refractivity contribution >= 4 is 34.1 Å². The monoisotopic (exact) mass is 399 g/mol. The molecule has 0 saturated heterocycles. The first-order valence-corrected chi connectivity index (χ1v) is 10.1. The highest BCUT2D eigenvalue weighted by molar-refractivity contribution is 8.00. The third kappa shape index (κ3) is 6.64. The Balaban J connectivity index is 1.86. The predicted octanol–water partition coefficient (Wildman–Crippen LogP) is 5.51. The molecule has 0 bridgehead atoms. The zero-order chi connectivity index (χ0) is 19.3. The van der Waals surface area contributed by atoms with Gasteiger partial charge in [-0.15, -0.1) is 10.2 Å². The van der Waals surface area contributed by atoms with Gasteiger partial charge in [-0.1, -0.05) is 56.9 Å². The second kappa shape index (κ2) is 8.90. The van der Waals surface area contributed by atoms with Crippen LogP contribution < -0.4 is 5.32 Å².